The first-order chi connectivity index (χ1) is 15.2. The number of carboxylic acids is 1. The third-order valence-electron chi connectivity index (χ3n) is 6.71. The van der Waals surface area contributed by atoms with Gasteiger partial charge in [-0.3, -0.25) is 9.78 Å². The summed E-state index contributed by atoms with van der Waals surface area (Å²) in [7, 11) is 0. The maximum atomic E-state index is 14.8. The number of aromatic nitrogens is 2. The molecule has 1 aliphatic heterocycles. The van der Waals surface area contributed by atoms with E-state index >= 15 is 0 Å². The highest BCUT2D eigenvalue weighted by atomic mass is 19.1. The Labute approximate surface area is 188 Å². The number of pyridine rings is 2. The third kappa shape index (κ3) is 5.19. The summed E-state index contributed by atoms with van der Waals surface area (Å²) in [6, 6.07) is 1.42. The van der Waals surface area contributed by atoms with E-state index in [2.05, 4.69) is 28.7 Å². The summed E-state index contributed by atoms with van der Waals surface area (Å²) in [6.07, 6.45) is 8.57. The molecule has 2 aromatic rings. The molecule has 2 aromatic heterocycles. The lowest BCUT2D eigenvalue weighted by Gasteiger charge is -2.40. The van der Waals surface area contributed by atoms with Crippen LogP contribution < -0.4 is 9.64 Å². The predicted octanol–water partition coefficient (Wildman–Crippen LogP) is 5.02. The van der Waals surface area contributed by atoms with Crippen LogP contribution in [0.3, 0.4) is 0 Å². The van der Waals surface area contributed by atoms with E-state index in [-0.39, 0.29) is 17.7 Å². The van der Waals surface area contributed by atoms with Gasteiger partial charge in [0.1, 0.15) is 0 Å². The van der Waals surface area contributed by atoms with E-state index < -0.39 is 11.8 Å². The molecule has 32 heavy (non-hydrogen) atoms. The molecule has 0 atom stereocenters. The number of rotatable bonds is 8. The van der Waals surface area contributed by atoms with Gasteiger partial charge < -0.3 is 14.7 Å². The zero-order valence-corrected chi connectivity index (χ0v) is 19.2. The van der Waals surface area contributed by atoms with E-state index in [1.54, 1.807) is 12.4 Å². The second-order valence-electron chi connectivity index (χ2n) is 9.90. The predicted molar refractivity (Wildman–Crippen MR) is 122 cm³/mol. The molecule has 0 amide bonds. The molecule has 2 aliphatic rings. The van der Waals surface area contributed by atoms with Crippen molar-refractivity contribution in [1.82, 2.24) is 9.97 Å². The van der Waals surface area contributed by atoms with Crippen LogP contribution in [0.4, 0.5) is 10.1 Å². The Morgan fingerprint density at radius 2 is 1.97 bits per heavy atom. The fraction of sp³-hybridized carbons (Fsp3) is 0.560. The Bertz CT molecular complexity index is 994. The van der Waals surface area contributed by atoms with Gasteiger partial charge in [0.2, 0.25) is 5.88 Å². The van der Waals surface area contributed by atoms with Crippen LogP contribution >= 0.6 is 0 Å². The Balaban J connectivity index is 1.68. The van der Waals surface area contributed by atoms with Gasteiger partial charge in [-0.2, -0.15) is 0 Å². The second kappa shape index (κ2) is 9.04. The average Bonchev–Trinajstić information content (AvgIpc) is 3.55. The lowest BCUT2D eigenvalue weighted by Crippen LogP contribution is -2.38. The molecule has 2 fully saturated rings. The number of halogens is 1. The lowest BCUT2D eigenvalue weighted by molar-refractivity contribution is -0.136. The molecule has 0 radical (unpaired) electrons. The molecule has 1 saturated heterocycles. The summed E-state index contributed by atoms with van der Waals surface area (Å²) >= 11 is 0. The normalized spacial score (nSPS) is 17.9. The smallest absolute Gasteiger partial charge is 0.307 e. The first kappa shape index (κ1) is 22.5. The minimum Gasteiger partial charge on any atom is -0.481 e. The van der Waals surface area contributed by atoms with Gasteiger partial charge in [-0.25, -0.2) is 9.37 Å². The van der Waals surface area contributed by atoms with Crippen molar-refractivity contribution in [2.24, 2.45) is 11.3 Å². The number of hydrogen-bond acceptors (Lipinski definition) is 5. The van der Waals surface area contributed by atoms with Gasteiger partial charge in [0.15, 0.2) is 5.82 Å². The van der Waals surface area contributed by atoms with Crippen molar-refractivity contribution in [3.63, 3.8) is 0 Å². The van der Waals surface area contributed by atoms with Crippen LogP contribution in [0.15, 0.2) is 18.5 Å². The van der Waals surface area contributed by atoms with Crippen molar-refractivity contribution in [3.8, 4) is 17.0 Å². The lowest BCUT2D eigenvalue weighted by atomic mass is 9.82. The molecule has 3 heterocycles. The highest BCUT2D eigenvalue weighted by Crippen LogP contribution is 2.40. The fourth-order valence-corrected chi connectivity index (χ4v) is 4.31. The van der Waals surface area contributed by atoms with Crippen molar-refractivity contribution in [2.75, 3.05) is 24.6 Å². The van der Waals surface area contributed by atoms with Crippen molar-refractivity contribution >= 4 is 11.7 Å². The van der Waals surface area contributed by atoms with Crippen molar-refractivity contribution in [3.05, 3.63) is 35.5 Å². The quantitative estimate of drug-likeness (QED) is 0.620. The summed E-state index contributed by atoms with van der Waals surface area (Å²) in [5.74, 6) is -0.694. The van der Waals surface area contributed by atoms with Crippen LogP contribution in [0.25, 0.3) is 11.1 Å². The molecule has 0 unspecified atom stereocenters. The molecule has 1 aliphatic carbocycles. The van der Waals surface area contributed by atoms with E-state index in [0.717, 1.165) is 38.0 Å². The molecular formula is C25H32FN3O3. The highest BCUT2D eigenvalue weighted by molar-refractivity contribution is 5.84. The van der Waals surface area contributed by atoms with Crippen LogP contribution in [-0.2, 0) is 11.2 Å². The number of piperidine rings is 1. The number of carboxylic acid groups (broad SMARTS) is 1. The molecule has 1 saturated carbocycles. The Morgan fingerprint density at radius 1 is 1.25 bits per heavy atom. The van der Waals surface area contributed by atoms with Crippen molar-refractivity contribution < 1.29 is 19.0 Å². The Morgan fingerprint density at radius 3 is 2.59 bits per heavy atom. The van der Waals surface area contributed by atoms with Crippen LogP contribution in [0.5, 0.6) is 5.88 Å². The largest absolute Gasteiger partial charge is 0.481 e. The maximum Gasteiger partial charge on any atom is 0.307 e. The van der Waals surface area contributed by atoms with Crippen LogP contribution in [-0.4, -0.2) is 40.7 Å². The monoisotopic (exact) mass is 441 g/mol. The maximum absolute atomic E-state index is 14.8. The van der Waals surface area contributed by atoms with E-state index in [1.165, 1.54) is 18.9 Å². The highest BCUT2D eigenvalue weighted by Gasteiger charge is 2.29. The topological polar surface area (TPSA) is 75.6 Å². The number of ether oxygens (including phenoxy) is 1. The molecule has 0 aromatic carbocycles. The van der Waals surface area contributed by atoms with E-state index in [4.69, 9.17) is 4.74 Å². The first-order valence-electron chi connectivity index (χ1n) is 11.5. The third-order valence-corrected chi connectivity index (χ3v) is 6.71. The molecule has 1 N–H and O–H groups in total. The standard InChI is InChI=1S/C25H32FN3O3/c1-16-19(13-22(30)31)23(29-9-7-25(2,3)8-10-29)20(15-27-16)18-12-21(26)24(28-14-18)32-11-6-17-4-5-17/h12,14-15,17H,4-11,13H2,1-3H3,(H,30,31). The molecule has 7 heteroatoms. The van der Waals surface area contributed by atoms with E-state index in [0.29, 0.717) is 34.9 Å². The van der Waals surface area contributed by atoms with Gasteiger partial charge in [-0.05, 0) is 43.6 Å². The van der Waals surface area contributed by atoms with Crippen LogP contribution in [0, 0.1) is 24.1 Å². The van der Waals surface area contributed by atoms with Gasteiger partial charge in [-0.15, -0.1) is 0 Å². The van der Waals surface area contributed by atoms with Gasteiger partial charge in [0.05, 0.1) is 18.7 Å². The number of aryl methyl sites for hydroxylation is 1. The van der Waals surface area contributed by atoms with Gasteiger partial charge >= 0.3 is 5.97 Å². The van der Waals surface area contributed by atoms with Gasteiger partial charge in [0, 0.05) is 47.9 Å². The van der Waals surface area contributed by atoms with E-state index in [1.807, 2.05) is 6.92 Å². The SMILES string of the molecule is Cc1ncc(-c2cnc(OCCC3CC3)c(F)c2)c(N2CCC(C)(C)CC2)c1CC(=O)O. The zero-order valence-electron chi connectivity index (χ0n) is 19.2. The summed E-state index contributed by atoms with van der Waals surface area (Å²) in [5.41, 5.74) is 3.74. The Hall–Kier alpha value is -2.70. The zero-order chi connectivity index (χ0) is 22.9. The summed E-state index contributed by atoms with van der Waals surface area (Å²) < 4.78 is 20.4. The molecule has 172 valence electrons. The second-order valence-corrected chi connectivity index (χ2v) is 9.90. The van der Waals surface area contributed by atoms with Gasteiger partial charge in [0.25, 0.3) is 0 Å². The minimum atomic E-state index is -0.908. The van der Waals surface area contributed by atoms with Crippen molar-refractivity contribution in [1.29, 1.82) is 0 Å². The summed E-state index contributed by atoms with van der Waals surface area (Å²) in [5, 5.41) is 9.53. The Kier molecular flexibility index (Phi) is 6.35. The number of anilines is 1. The first-order valence-corrected chi connectivity index (χ1v) is 11.5. The fourth-order valence-electron chi connectivity index (χ4n) is 4.31. The number of carbonyl (C=O) groups is 1. The number of hydrogen-bond donors (Lipinski definition) is 1. The summed E-state index contributed by atoms with van der Waals surface area (Å²) in [6.45, 7) is 8.43. The molecule has 4 rings (SSSR count). The molecule has 0 bridgehead atoms. The average molecular weight is 442 g/mol. The molecular weight excluding hydrogens is 409 g/mol. The number of aliphatic carboxylic acids is 1. The summed E-state index contributed by atoms with van der Waals surface area (Å²) in [4.78, 5) is 22.5. The van der Waals surface area contributed by atoms with Crippen molar-refractivity contribution in [2.45, 2.75) is 59.3 Å². The van der Waals surface area contributed by atoms with Gasteiger partial charge in [-0.1, -0.05) is 26.7 Å². The molecule has 0 spiro atoms. The van der Waals surface area contributed by atoms with Crippen LogP contribution in [0.2, 0.25) is 0 Å². The molecule has 6 nitrogen and oxygen atoms in total. The number of nitrogens with zero attached hydrogens (tertiary/aromatic N) is 3. The van der Waals surface area contributed by atoms with Crippen LogP contribution in [0.1, 0.15) is 57.2 Å². The van der Waals surface area contributed by atoms with E-state index in [9.17, 15) is 14.3 Å². The minimum absolute atomic E-state index is 0.0153.